The van der Waals surface area contributed by atoms with Crippen LogP contribution >= 0.6 is 0 Å². The highest BCUT2D eigenvalue weighted by atomic mass is 16.3. The van der Waals surface area contributed by atoms with Gasteiger partial charge in [0.15, 0.2) is 0 Å². The number of hydrogen-bond acceptors (Lipinski definition) is 1. The molecule has 0 aliphatic heterocycles. The molecule has 10 aromatic rings. The zero-order valence-electron chi connectivity index (χ0n) is 27.9. The maximum Gasteiger partial charge on any atom is 0.143 e. The Morgan fingerprint density at radius 2 is 1.14 bits per heavy atom. The first-order valence-electron chi connectivity index (χ1n) is 17.8. The van der Waals surface area contributed by atoms with Gasteiger partial charge < -0.3 is 13.6 Å². The molecule has 240 valence electrons. The number of furan rings is 1. The number of allylic oxidation sites excluding steroid dienone is 4. The first-order chi connectivity index (χ1) is 25.3. The minimum absolute atomic E-state index is 0.913. The summed E-state index contributed by atoms with van der Waals surface area (Å²) in [7, 11) is 0. The molecule has 0 bridgehead atoms. The highest BCUT2D eigenvalue weighted by Crippen LogP contribution is 2.47. The van der Waals surface area contributed by atoms with Crippen molar-refractivity contribution in [3.8, 4) is 27.9 Å². The van der Waals surface area contributed by atoms with Gasteiger partial charge in [0.1, 0.15) is 11.2 Å². The second-order valence-corrected chi connectivity index (χ2v) is 13.6. The third kappa shape index (κ3) is 4.12. The van der Waals surface area contributed by atoms with E-state index in [1.54, 1.807) is 0 Å². The van der Waals surface area contributed by atoms with E-state index in [0.29, 0.717) is 0 Å². The third-order valence-corrected chi connectivity index (χ3v) is 10.7. The molecule has 0 atom stereocenters. The zero-order chi connectivity index (χ0) is 33.5. The molecule has 1 aliphatic rings. The number of fused-ring (bicyclic) bond motifs is 10. The fraction of sp³-hybridized carbons (Fsp3) is 0.0417. The van der Waals surface area contributed by atoms with Crippen molar-refractivity contribution in [2.45, 2.75) is 12.8 Å². The van der Waals surface area contributed by atoms with Crippen LogP contribution in [0.2, 0.25) is 0 Å². The van der Waals surface area contributed by atoms with E-state index in [0.717, 1.165) is 51.6 Å². The van der Waals surface area contributed by atoms with E-state index in [-0.39, 0.29) is 0 Å². The monoisotopic (exact) mass is 652 g/mol. The Hall–Kier alpha value is -6.58. The normalized spacial score (nSPS) is 13.4. The van der Waals surface area contributed by atoms with E-state index < -0.39 is 0 Å². The summed E-state index contributed by atoms with van der Waals surface area (Å²) in [4.78, 5) is 0. The van der Waals surface area contributed by atoms with Gasteiger partial charge in [0, 0.05) is 49.3 Å². The van der Waals surface area contributed by atoms with E-state index in [1.165, 1.54) is 60.4 Å². The zero-order valence-corrected chi connectivity index (χ0v) is 27.9. The topological polar surface area (TPSA) is 23.0 Å². The van der Waals surface area contributed by atoms with Crippen LogP contribution in [-0.2, 0) is 0 Å². The minimum Gasteiger partial charge on any atom is -0.455 e. The average Bonchev–Trinajstić information content (AvgIpc) is 3.86. The van der Waals surface area contributed by atoms with Gasteiger partial charge in [-0.3, -0.25) is 0 Å². The van der Waals surface area contributed by atoms with E-state index in [1.807, 2.05) is 6.07 Å². The molecule has 3 heteroatoms. The van der Waals surface area contributed by atoms with Gasteiger partial charge in [-0.15, -0.1) is 0 Å². The smallest absolute Gasteiger partial charge is 0.143 e. The second kappa shape index (κ2) is 11.0. The van der Waals surface area contributed by atoms with Crippen molar-refractivity contribution in [2.75, 3.05) is 0 Å². The van der Waals surface area contributed by atoms with Crippen molar-refractivity contribution < 1.29 is 4.42 Å². The molecule has 0 saturated heterocycles. The van der Waals surface area contributed by atoms with Crippen LogP contribution in [0.1, 0.15) is 12.8 Å². The van der Waals surface area contributed by atoms with Gasteiger partial charge in [-0.2, -0.15) is 0 Å². The van der Waals surface area contributed by atoms with Crippen molar-refractivity contribution in [3.05, 3.63) is 170 Å². The van der Waals surface area contributed by atoms with Crippen molar-refractivity contribution in [2.24, 2.45) is 0 Å². The molecule has 0 amide bonds. The number of rotatable bonds is 4. The molecule has 0 saturated carbocycles. The number of aromatic nitrogens is 2. The maximum absolute atomic E-state index is 6.52. The lowest BCUT2D eigenvalue weighted by atomic mass is 9.93. The summed E-state index contributed by atoms with van der Waals surface area (Å²) in [5.41, 5.74) is 13.7. The molecule has 1 aliphatic carbocycles. The lowest BCUT2D eigenvalue weighted by Crippen LogP contribution is -1.98. The van der Waals surface area contributed by atoms with Gasteiger partial charge in [0.05, 0.1) is 22.1 Å². The number of para-hydroxylation sites is 5. The van der Waals surface area contributed by atoms with Crippen LogP contribution in [-0.4, -0.2) is 9.13 Å². The largest absolute Gasteiger partial charge is 0.455 e. The summed E-state index contributed by atoms with van der Waals surface area (Å²) in [6, 6.07) is 54.9. The predicted molar refractivity (Wildman–Crippen MR) is 215 cm³/mol. The highest BCUT2D eigenvalue weighted by Gasteiger charge is 2.24. The summed E-state index contributed by atoms with van der Waals surface area (Å²) in [5.74, 6) is 0. The number of nitrogens with zero attached hydrogens (tertiary/aromatic N) is 2. The maximum atomic E-state index is 6.52. The summed E-state index contributed by atoms with van der Waals surface area (Å²) >= 11 is 0. The molecule has 0 N–H and O–H groups in total. The highest BCUT2D eigenvalue weighted by molar-refractivity contribution is 6.30. The molecule has 51 heavy (non-hydrogen) atoms. The number of benzene rings is 7. The Bertz CT molecular complexity index is 3070. The lowest BCUT2D eigenvalue weighted by Gasteiger charge is -2.15. The van der Waals surface area contributed by atoms with Crippen LogP contribution in [0.15, 0.2) is 174 Å². The van der Waals surface area contributed by atoms with Crippen LogP contribution in [0, 0.1) is 0 Å². The molecular formula is C48H32N2O. The molecule has 3 nitrogen and oxygen atoms in total. The Morgan fingerprint density at radius 3 is 1.94 bits per heavy atom. The van der Waals surface area contributed by atoms with Crippen LogP contribution in [0.3, 0.4) is 0 Å². The SMILES string of the molecule is C1=CC(n2c3ccccc3c3c2cc(-c2cccc(-c4cccc5c4oc4ccccc45)c2)c2c4ccccc4n(-c4ccccc4)c23)=CCC1. The summed E-state index contributed by atoms with van der Waals surface area (Å²) in [6.07, 6.45) is 9.09. The van der Waals surface area contributed by atoms with Crippen molar-refractivity contribution >= 4 is 71.2 Å². The van der Waals surface area contributed by atoms with E-state index in [2.05, 4.69) is 173 Å². The average molecular weight is 653 g/mol. The van der Waals surface area contributed by atoms with Crippen molar-refractivity contribution in [1.29, 1.82) is 0 Å². The molecule has 3 heterocycles. The molecule has 0 spiro atoms. The van der Waals surface area contributed by atoms with Gasteiger partial charge in [0.2, 0.25) is 0 Å². The van der Waals surface area contributed by atoms with Crippen molar-refractivity contribution in [3.63, 3.8) is 0 Å². The lowest BCUT2D eigenvalue weighted by molar-refractivity contribution is 0.670. The summed E-state index contributed by atoms with van der Waals surface area (Å²) in [5, 5.41) is 7.32. The molecule has 0 unspecified atom stereocenters. The Labute approximate surface area is 294 Å². The first kappa shape index (κ1) is 28.3. The van der Waals surface area contributed by atoms with Crippen LogP contribution < -0.4 is 0 Å². The van der Waals surface area contributed by atoms with Crippen LogP contribution in [0.25, 0.3) is 99.2 Å². The Balaban J connectivity index is 1.29. The molecule has 0 fully saturated rings. The van der Waals surface area contributed by atoms with E-state index >= 15 is 0 Å². The molecule has 11 rings (SSSR count). The molecular weight excluding hydrogens is 621 g/mol. The van der Waals surface area contributed by atoms with Gasteiger partial charge >= 0.3 is 0 Å². The van der Waals surface area contributed by atoms with Gasteiger partial charge in [0.25, 0.3) is 0 Å². The minimum atomic E-state index is 0.913. The van der Waals surface area contributed by atoms with Crippen molar-refractivity contribution in [1.82, 2.24) is 9.13 Å². The third-order valence-electron chi connectivity index (χ3n) is 10.7. The second-order valence-electron chi connectivity index (χ2n) is 13.6. The van der Waals surface area contributed by atoms with Crippen LogP contribution in [0.5, 0.6) is 0 Å². The predicted octanol–water partition coefficient (Wildman–Crippen LogP) is 13.3. The fourth-order valence-corrected chi connectivity index (χ4v) is 8.55. The summed E-state index contributed by atoms with van der Waals surface area (Å²) in [6.45, 7) is 0. The van der Waals surface area contributed by atoms with Gasteiger partial charge in [-0.25, -0.2) is 0 Å². The first-order valence-corrected chi connectivity index (χ1v) is 17.8. The number of hydrogen-bond donors (Lipinski definition) is 0. The van der Waals surface area contributed by atoms with Gasteiger partial charge in [-0.1, -0.05) is 121 Å². The Morgan fingerprint density at radius 1 is 0.471 bits per heavy atom. The van der Waals surface area contributed by atoms with E-state index in [9.17, 15) is 0 Å². The fourth-order valence-electron chi connectivity index (χ4n) is 8.55. The van der Waals surface area contributed by atoms with E-state index in [4.69, 9.17) is 4.42 Å². The quantitative estimate of drug-likeness (QED) is 0.186. The Kier molecular flexibility index (Phi) is 6.08. The molecule has 0 radical (unpaired) electrons. The molecule has 7 aromatic carbocycles. The molecule has 3 aromatic heterocycles. The standard InChI is InChI=1S/C48H32N2O/c1-3-17-33(18-4-1)49-41-26-10-8-23-39(41)46-43(49)30-40(45-38-22-7-11-27-42(38)50(47(45)46)34-19-5-2-6-20-34)32-16-13-15-31(29-32)35-24-14-25-37-36-21-9-12-28-44(36)51-48(35)37/h2-3,5-30H,1,4H2. The van der Waals surface area contributed by atoms with Gasteiger partial charge in [-0.05, 0) is 78.1 Å². The summed E-state index contributed by atoms with van der Waals surface area (Å²) < 4.78 is 11.5. The van der Waals surface area contributed by atoms with Crippen LogP contribution in [0.4, 0.5) is 0 Å².